The van der Waals surface area contributed by atoms with Crippen LogP contribution in [0, 0.1) is 19.7 Å². The fourth-order valence-electron chi connectivity index (χ4n) is 3.03. The molecule has 1 unspecified atom stereocenters. The summed E-state index contributed by atoms with van der Waals surface area (Å²) in [6, 6.07) is 10.7. The van der Waals surface area contributed by atoms with Gasteiger partial charge in [0.2, 0.25) is 5.69 Å². The molecule has 0 aliphatic carbocycles. The Balaban J connectivity index is 2.21. The molecule has 1 atom stereocenters. The Hall–Kier alpha value is -3.55. The average molecular weight is 424 g/mol. The third-order valence-corrected chi connectivity index (χ3v) is 5.23. The number of hydrogen-bond donors (Lipinski definition) is 1. The first-order valence-electron chi connectivity index (χ1n) is 10.1. The zero-order chi connectivity index (χ0) is 22.7. The summed E-state index contributed by atoms with van der Waals surface area (Å²) < 4.78 is 15.6. The maximum absolute atomic E-state index is 13.6. The molecule has 0 radical (unpaired) electrons. The van der Waals surface area contributed by atoms with Crippen LogP contribution in [0.4, 0.5) is 4.39 Å². The van der Waals surface area contributed by atoms with Crippen LogP contribution in [0.25, 0.3) is 5.69 Å². The maximum atomic E-state index is 13.6. The van der Waals surface area contributed by atoms with E-state index in [1.165, 1.54) is 18.2 Å². The second-order valence-corrected chi connectivity index (χ2v) is 7.62. The fourth-order valence-corrected chi connectivity index (χ4v) is 3.03. The highest BCUT2D eigenvalue weighted by Crippen LogP contribution is 2.12. The van der Waals surface area contributed by atoms with Crippen LogP contribution in [-0.4, -0.2) is 26.3 Å². The van der Waals surface area contributed by atoms with Crippen molar-refractivity contribution < 1.29 is 9.18 Å². The van der Waals surface area contributed by atoms with Crippen molar-refractivity contribution in [2.75, 3.05) is 0 Å². The van der Waals surface area contributed by atoms with Crippen molar-refractivity contribution in [3.05, 3.63) is 91.5 Å². The molecular weight excluding hydrogens is 399 g/mol. The summed E-state index contributed by atoms with van der Waals surface area (Å²) in [7, 11) is 0. The molecule has 162 valence electrons. The highest BCUT2D eigenvalue weighted by molar-refractivity contribution is 5.91. The Kier molecular flexibility index (Phi) is 6.48. The van der Waals surface area contributed by atoms with Crippen molar-refractivity contribution in [2.24, 2.45) is 0 Å². The van der Waals surface area contributed by atoms with Gasteiger partial charge < -0.3 is 5.32 Å². The number of benzene rings is 2. The van der Waals surface area contributed by atoms with Gasteiger partial charge in [0, 0.05) is 6.04 Å². The van der Waals surface area contributed by atoms with E-state index >= 15 is 0 Å². The van der Waals surface area contributed by atoms with E-state index in [1.807, 2.05) is 33.8 Å². The Morgan fingerprint density at radius 2 is 1.87 bits per heavy atom. The van der Waals surface area contributed by atoms with E-state index in [9.17, 15) is 18.8 Å². The first-order chi connectivity index (χ1) is 14.7. The van der Waals surface area contributed by atoms with Gasteiger partial charge >= 0.3 is 5.69 Å². The topological polar surface area (TPSA) is 86.0 Å². The number of carbonyl (C=O) groups is 1. The molecule has 0 saturated carbocycles. The lowest BCUT2D eigenvalue weighted by molar-refractivity contribution is 0.0929. The molecule has 0 spiro atoms. The third-order valence-electron chi connectivity index (χ3n) is 5.23. The summed E-state index contributed by atoms with van der Waals surface area (Å²) in [5.74, 6) is -1.14. The largest absolute Gasteiger partial charge is 0.352 e. The van der Waals surface area contributed by atoms with Gasteiger partial charge in [0.15, 0.2) is 0 Å². The van der Waals surface area contributed by atoms with Crippen LogP contribution >= 0.6 is 0 Å². The van der Waals surface area contributed by atoms with Crippen LogP contribution in [0.1, 0.15) is 47.4 Å². The molecule has 1 amide bonds. The normalized spacial score (nSPS) is 11.9. The molecule has 3 aromatic rings. The molecule has 1 aromatic heterocycles. The lowest BCUT2D eigenvalue weighted by Gasteiger charge is -2.15. The molecule has 1 N–H and O–H groups in total. The molecule has 31 heavy (non-hydrogen) atoms. The first kappa shape index (κ1) is 22.1. The van der Waals surface area contributed by atoms with Gasteiger partial charge in [-0.2, -0.15) is 9.78 Å². The maximum Gasteiger partial charge on any atom is 0.352 e. The van der Waals surface area contributed by atoms with E-state index in [0.717, 1.165) is 20.4 Å². The number of hydrogen-bond acceptors (Lipinski definition) is 4. The van der Waals surface area contributed by atoms with Crippen molar-refractivity contribution in [3.8, 4) is 5.69 Å². The van der Waals surface area contributed by atoms with E-state index in [-0.39, 0.29) is 12.6 Å². The monoisotopic (exact) mass is 424 g/mol. The van der Waals surface area contributed by atoms with Gasteiger partial charge in [-0.3, -0.25) is 14.2 Å². The second kappa shape index (κ2) is 9.07. The van der Waals surface area contributed by atoms with Crippen LogP contribution in [0.2, 0.25) is 0 Å². The molecule has 0 fully saturated rings. The van der Waals surface area contributed by atoms with E-state index in [4.69, 9.17) is 0 Å². The van der Waals surface area contributed by atoms with Crippen molar-refractivity contribution >= 4 is 5.91 Å². The second-order valence-electron chi connectivity index (χ2n) is 7.62. The summed E-state index contributed by atoms with van der Waals surface area (Å²) in [6.07, 6.45) is 0.667. The Morgan fingerprint density at radius 3 is 2.52 bits per heavy atom. The van der Waals surface area contributed by atoms with Gasteiger partial charge in [0.05, 0.1) is 12.2 Å². The van der Waals surface area contributed by atoms with E-state index in [1.54, 1.807) is 18.2 Å². The minimum absolute atomic E-state index is 0.174. The summed E-state index contributed by atoms with van der Waals surface area (Å²) in [4.78, 5) is 38.9. The molecule has 0 bridgehead atoms. The van der Waals surface area contributed by atoms with Gasteiger partial charge in [-0.25, -0.2) is 9.18 Å². The average Bonchev–Trinajstić information content (AvgIpc) is 2.73. The van der Waals surface area contributed by atoms with E-state index < -0.39 is 28.7 Å². The number of halogens is 1. The highest BCUT2D eigenvalue weighted by atomic mass is 19.1. The molecule has 0 aliphatic heterocycles. The number of rotatable bonds is 6. The Labute approximate surface area is 179 Å². The first-order valence-corrected chi connectivity index (χ1v) is 10.1. The molecule has 7 nitrogen and oxygen atoms in total. The number of amides is 1. The zero-order valence-electron chi connectivity index (χ0n) is 18.0. The number of nitrogens with one attached hydrogen (secondary N) is 1. The van der Waals surface area contributed by atoms with Crippen molar-refractivity contribution in [1.29, 1.82) is 0 Å². The molecule has 0 aliphatic rings. The van der Waals surface area contributed by atoms with Crippen molar-refractivity contribution in [1.82, 2.24) is 19.7 Å². The predicted molar refractivity (Wildman–Crippen MR) is 116 cm³/mol. The fraction of sp³-hybridized carbons (Fsp3) is 0.304. The minimum Gasteiger partial charge on any atom is -0.348 e. The van der Waals surface area contributed by atoms with Crippen molar-refractivity contribution in [2.45, 2.75) is 46.7 Å². The number of carbonyl (C=O) groups excluding carboxylic acids is 1. The molecule has 3 rings (SSSR count). The summed E-state index contributed by atoms with van der Waals surface area (Å²) >= 11 is 0. The number of nitrogens with zero attached hydrogens (tertiary/aromatic N) is 3. The van der Waals surface area contributed by atoms with E-state index in [2.05, 4.69) is 10.4 Å². The predicted octanol–water partition coefficient (Wildman–Crippen LogP) is 2.73. The van der Waals surface area contributed by atoms with Gasteiger partial charge in [-0.15, -0.1) is 0 Å². The Bertz CT molecular complexity index is 1250. The van der Waals surface area contributed by atoms with Gasteiger partial charge in [-0.1, -0.05) is 25.1 Å². The SMILES string of the molecule is CCC(C)NC(=O)c1nn(-c2ccc(C)c(C)c2)c(=O)n(Cc2cccc(F)c2)c1=O. The highest BCUT2D eigenvalue weighted by Gasteiger charge is 2.21. The molecule has 2 aromatic carbocycles. The quantitative estimate of drug-likeness (QED) is 0.659. The standard InChI is InChI=1S/C23H25FN4O3/c1-5-16(4)25-21(29)20-22(30)27(13-17-7-6-8-18(24)12-17)23(31)28(26-20)19-10-9-14(2)15(3)11-19/h6-12,16H,5,13H2,1-4H3,(H,25,29). The number of aromatic nitrogens is 3. The minimum atomic E-state index is -0.824. The third kappa shape index (κ3) is 4.79. The molecule has 8 heteroatoms. The summed E-state index contributed by atoms with van der Waals surface area (Å²) in [5, 5.41) is 6.82. The molecule has 1 heterocycles. The van der Waals surface area contributed by atoms with Crippen LogP contribution in [0.5, 0.6) is 0 Å². The van der Waals surface area contributed by atoms with Crippen LogP contribution in [-0.2, 0) is 6.54 Å². The van der Waals surface area contributed by atoms with E-state index in [0.29, 0.717) is 17.7 Å². The van der Waals surface area contributed by atoms with Gasteiger partial charge in [-0.05, 0) is 68.1 Å². The van der Waals surface area contributed by atoms with Crippen LogP contribution in [0.3, 0.4) is 0 Å². The van der Waals surface area contributed by atoms with Crippen molar-refractivity contribution in [3.63, 3.8) is 0 Å². The number of aryl methyl sites for hydroxylation is 2. The van der Waals surface area contributed by atoms with Gasteiger partial charge in [0.25, 0.3) is 11.5 Å². The van der Waals surface area contributed by atoms with Gasteiger partial charge in [0.1, 0.15) is 5.82 Å². The summed E-state index contributed by atoms with van der Waals surface area (Å²) in [6.45, 7) is 7.35. The lowest BCUT2D eigenvalue weighted by atomic mass is 10.1. The molecular formula is C23H25FN4O3. The lowest BCUT2D eigenvalue weighted by Crippen LogP contribution is -2.47. The zero-order valence-corrected chi connectivity index (χ0v) is 18.0. The van der Waals surface area contributed by atoms with Crippen LogP contribution in [0.15, 0.2) is 52.1 Å². The smallest absolute Gasteiger partial charge is 0.348 e. The van der Waals surface area contributed by atoms with Crippen LogP contribution < -0.4 is 16.6 Å². The Morgan fingerprint density at radius 1 is 1.13 bits per heavy atom. The summed E-state index contributed by atoms with van der Waals surface area (Å²) in [5.41, 5.74) is 0.880. The molecule has 0 saturated heterocycles.